The largest absolute Gasteiger partial charge is 0.416 e. The summed E-state index contributed by atoms with van der Waals surface area (Å²) in [6.45, 7) is 1.42. The average molecular weight is 389 g/mol. The summed E-state index contributed by atoms with van der Waals surface area (Å²) < 4.78 is 38.6. The molecule has 28 heavy (non-hydrogen) atoms. The van der Waals surface area contributed by atoms with Crippen LogP contribution in [0.2, 0.25) is 0 Å². The number of rotatable bonds is 4. The third-order valence-corrected chi connectivity index (χ3v) is 4.26. The Morgan fingerprint density at radius 3 is 2.18 bits per heavy atom. The van der Waals surface area contributed by atoms with Gasteiger partial charge in [-0.25, -0.2) is 5.01 Å². The molecule has 0 atom stereocenters. The first-order chi connectivity index (χ1) is 13.1. The van der Waals surface area contributed by atoms with Crippen molar-refractivity contribution in [3.63, 3.8) is 0 Å². The first-order valence-corrected chi connectivity index (χ1v) is 8.40. The number of carbonyl (C=O) groups excluding carboxylic acids is 2. The zero-order valence-electron chi connectivity index (χ0n) is 15.4. The number of Topliss-reactive ketones (excluding diaryl/α,β-unsaturated/α-hetero) is 1. The zero-order chi connectivity index (χ0) is 20.6. The van der Waals surface area contributed by atoms with Gasteiger partial charge in [0.05, 0.1) is 16.8 Å². The number of benzene rings is 2. The standard InChI is InChI=1S/C20H18F3N3O2/c1-11(27)13-6-9-16-15(10-13)17(19(28)24-16)18(25-26(2)3)12-4-7-14(8-5-12)20(21,22)23/h4-10,25H,1-3H3,(H,24,28). The number of alkyl halides is 3. The highest BCUT2D eigenvalue weighted by molar-refractivity contribution is 6.36. The first kappa shape index (κ1) is 19.6. The number of hydrogen-bond acceptors (Lipinski definition) is 4. The van der Waals surface area contributed by atoms with Gasteiger partial charge in [-0.05, 0) is 42.8 Å². The monoisotopic (exact) mass is 389 g/mol. The molecule has 0 unspecified atom stereocenters. The van der Waals surface area contributed by atoms with E-state index in [0.717, 1.165) is 12.1 Å². The maximum Gasteiger partial charge on any atom is 0.416 e. The maximum atomic E-state index is 12.9. The van der Waals surface area contributed by atoms with Crippen LogP contribution in [0, 0.1) is 0 Å². The van der Waals surface area contributed by atoms with Gasteiger partial charge in [-0.2, -0.15) is 13.2 Å². The summed E-state index contributed by atoms with van der Waals surface area (Å²) in [6.07, 6.45) is -4.45. The molecule has 0 spiro atoms. The minimum Gasteiger partial charge on any atom is -0.321 e. The van der Waals surface area contributed by atoms with E-state index in [4.69, 9.17) is 0 Å². The lowest BCUT2D eigenvalue weighted by Crippen LogP contribution is -2.30. The Balaban J connectivity index is 2.19. The molecule has 0 bridgehead atoms. The molecule has 0 aromatic heterocycles. The molecule has 0 saturated carbocycles. The molecule has 0 fully saturated rings. The number of nitrogens with one attached hydrogen (secondary N) is 2. The lowest BCUT2D eigenvalue weighted by molar-refractivity contribution is -0.137. The molecule has 146 valence electrons. The van der Waals surface area contributed by atoms with Crippen LogP contribution in [0.3, 0.4) is 0 Å². The number of hydrogen-bond donors (Lipinski definition) is 2. The number of nitrogens with zero attached hydrogens (tertiary/aromatic N) is 1. The molecule has 0 aliphatic carbocycles. The van der Waals surface area contributed by atoms with Gasteiger partial charge >= 0.3 is 6.18 Å². The summed E-state index contributed by atoms with van der Waals surface area (Å²) in [5.74, 6) is -0.557. The Hall–Kier alpha value is -3.13. The molecule has 1 aliphatic heterocycles. The van der Waals surface area contributed by atoms with Gasteiger partial charge in [-0.3, -0.25) is 9.59 Å². The number of anilines is 1. The van der Waals surface area contributed by atoms with Crippen LogP contribution < -0.4 is 10.7 Å². The number of amides is 1. The summed E-state index contributed by atoms with van der Waals surface area (Å²) in [5, 5.41) is 4.31. The molecule has 1 amide bonds. The van der Waals surface area contributed by atoms with Crippen molar-refractivity contribution in [3.05, 3.63) is 64.7 Å². The van der Waals surface area contributed by atoms with Gasteiger partial charge in [0.25, 0.3) is 5.91 Å². The number of fused-ring (bicyclic) bond motifs is 1. The van der Waals surface area contributed by atoms with E-state index in [1.54, 1.807) is 37.3 Å². The van der Waals surface area contributed by atoms with Gasteiger partial charge in [0.15, 0.2) is 5.78 Å². The average Bonchev–Trinajstić information content (AvgIpc) is 2.93. The van der Waals surface area contributed by atoms with Crippen LogP contribution in [0.25, 0.3) is 11.3 Å². The van der Waals surface area contributed by atoms with Gasteiger partial charge in [-0.1, -0.05) is 12.1 Å². The van der Waals surface area contributed by atoms with E-state index in [1.165, 1.54) is 19.1 Å². The first-order valence-electron chi connectivity index (χ1n) is 8.40. The lowest BCUT2D eigenvalue weighted by atomic mass is 9.97. The molecule has 1 aliphatic rings. The molecule has 8 heteroatoms. The molecule has 2 aromatic rings. The Kier molecular flexibility index (Phi) is 4.99. The fourth-order valence-electron chi connectivity index (χ4n) is 2.95. The van der Waals surface area contributed by atoms with Crippen molar-refractivity contribution < 1.29 is 22.8 Å². The van der Waals surface area contributed by atoms with Crippen LogP contribution >= 0.6 is 0 Å². The molecule has 5 nitrogen and oxygen atoms in total. The van der Waals surface area contributed by atoms with Crippen LogP contribution in [-0.4, -0.2) is 30.8 Å². The quantitative estimate of drug-likeness (QED) is 0.475. The minimum absolute atomic E-state index is 0.154. The summed E-state index contributed by atoms with van der Waals surface area (Å²) in [7, 11) is 3.40. The predicted octanol–water partition coefficient (Wildman–Crippen LogP) is 3.79. The molecular formula is C20H18F3N3O2. The van der Waals surface area contributed by atoms with E-state index in [0.29, 0.717) is 28.1 Å². The third-order valence-electron chi connectivity index (χ3n) is 4.26. The van der Waals surface area contributed by atoms with E-state index in [-0.39, 0.29) is 11.4 Å². The highest BCUT2D eigenvalue weighted by Gasteiger charge is 2.32. The molecule has 2 N–H and O–H groups in total. The van der Waals surface area contributed by atoms with E-state index >= 15 is 0 Å². The Morgan fingerprint density at radius 1 is 1.04 bits per heavy atom. The fraction of sp³-hybridized carbons (Fsp3) is 0.200. The van der Waals surface area contributed by atoms with E-state index in [2.05, 4.69) is 10.7 Å². The second-order valence-corrected chi connectivity index (χ2v) is 6.60. The lowest BCUT2D eigenvalue weighted by Gasteiger charge is -2.20. The fourth-order valence-corrected chi connectivity index (χ4v) is 2.95. The van der Waals surface area contributed by atoms with Gasteiger partial charge < -0.3 is 10.7 Å². The molecule has 3 rings (SSSR count). The van der Waals surface area contributed by atoms with E-state index < -0.39 is 17.6 Å². The number of halogens is 3. The normalized spacial score (nSPS) is 15.3. The molecule has 0 saturated heterocycles. The SMILES string of the molecule is CC(=O)c1ccc2c(c1)C(=C(NN(C)C)c1ccc(C(F)(F)F)cc1)C(=O)N2. The summed E-state index contributed by atoms with van der Waals surface area (Å²) >= 11 is 0. The van der Waals surface area contributed by atoms with E-state index in [1.807, 2.05) is 0 Å². The number of ketones is 1. The highest BCUT2D eigenvalue weighted by atomic mass is 19.4. The summed E-state index contributed by atoms with van der Waals surface area (Å²) in [5.41, 5.74) is 4.72. The predicted molar refractivity (Wildman–Crippen MR) is 100 cm³/mol. The minimum atomic E-state index is -4.45. The third kappa shape index (κ3) is 3.77. The molecular weight excluding hydrogens is 371 g/mol. The van der Waals surface area contributed by atoms with Gasteiger partial charge in [0.1, 0.15) is 0 Å². The van der Waals surface area contributed by atoms with Crippen molar-refractivity contribution in [1.29, 1.82) is 0 Å². The second kappa shape index (κ2) is 7.12. The van der Waals surface area contributed by atoms with Crippen molar-refractivity contribution in [2.75, 3.05) is 19.4 Å². The van der Waals surface area contributed by atoms with Crippen LogP contribution in [0.5, 0.6) is 0 Å². The van der Waals surface area contributed by atoms with Gasteiger partial charge in [-0.15, -0.1) is 0 Å². The van der Waals surface area contributed by atoms with Crippen LogP contribution in [0.15, 0.2) is 42.5 Å². The Morgan fingerprint density at radius 2 is 1.64 bits per heavy atom. The zero-order valence-corrected chi connectivity index (χ0v) is 15.4. The van der Waals surface area contributed by atoms with Gasteiger partial charge in [0, 0.05) is 30.9 Å². The summed E-state index contributed by atoms with van der Waals surface area (Å²) in [4.78, 5) is 24.4. The highest BCUT2D eigenvalue weighted by Crippen LogP contribution is 2.37. The van der Waals surface area contributed by atoms with Crippen molar-refractivity contribution in [2.24, 2.45) is 0 Å². The van der Waals surface area contributed by atoms with Crippen molar-refractivity contribution in [3.8, 4) is 0 Å². The van der Waals surface area contributed by atoms with Crippen molar-refractivity contribution >= 4 is 28.6 Å². The van der Waals surface area contributed by atoms with Crippen molar-refractivity contribution in [1.82, 2.24) is 10.4 Å². The van der Waals surface area contributed by atoms with Crippen LogP contribution in [0.4, 0.5) is 18.9 Å². The maximum absolute atomic E-state index is 12.9. The summed E-state index contributed by atoms with van der Waals surface area (Å²) in [6, 6.07) is 9.40. The van der Waals surface area contributed by atoms with E-state index in [9.17, 15) is 22.8 Å². The smallest absolute Gasteiger partial charge is 0.321 e. The van der Waals surface area contributed by atoms with Crippen molar-refractivity contribution in [2.45, 2.75) is 13.1 Å². The topological polar surface area (TPSA) is 61.4 Å². The molecule has 1 heterocycles. The van der Waals surface area contributed by atoms with Gasteiger partial charge in [0.2, 0.25) is 0 Å². The number of hydrazine groups is 1. The van der Waals surface area contributed by atoms with Crippen LogP contribution in [0.1, 0.15) is 34.0 Å². The molecule has 2 aromatic carbocycles. The number of carbonyl (C=O) groups is 2. The Bertz CT molecular complexity index is 977. The molecule has 0 radical (unpaired) electrons. The second-order valence-electron chi connectivity index (χ2n) is 6.60. The Labute approximate surface area is 159 Å². The van der Waals surface area contributed by atoms with Crippen LogP contribution in [-0.2, 0) is 11.0 Å².